The van der Waals surface area contributed by atoms with Crippen molar-refractivity contribution in [1.29, 1.82) is 0 Å². The normalized spacial score (nSPS) is 10.9. The minimum Gasteiger partial charge on any atom is -0.0605 e. The van der Waals surface area contributed by atoms with Gasteiger partial charge in [0.2, 0.25) is 0 Å². The van der Waals surface area contributed by atoms with Crippen LogP contribution < -0.4 is 0 Å². The Kier molecular flexibility index (Phi) is 3.37. The highest BCUT2D eigenvalue weighted by Gasteiger charge is 2.09. The minimum absolute atomic E-state index is 1.04. The predicted octanol–water partition coefficient (Wildman–Crippen LogP) is 5.89. The maximum Gasteiger partial charge on any atom is 0.0466 e. The molecule has 0 amide bonds. The molecule has 2 aromatic rings. The van der Waals surface area contributed by atoms with E-state index in [1.54, 1.807) is 0 Å². The molecule has 0 atom stereocenters. The SMILES string of the molecule is Brc1cc2cccc(Br)c2c(Br)c1Br. The fourth-order valence-electron chi connectivity index (χ4n) is 1.31. The van der Waals surface area contributed by atoms with Crippen LogP contribution in [0.1, 0.15) is 0 Å². The molecule has 14 heavy (non-hydrogen) atoms. The zero-order valence-corrected chi connectivity index (χ0v) is 13.2. The van der Waals surface area contributed by atoms with Gasteiger partial charge >= 0.3 is 0 Å². The summed E-state index contributed by atoms with van der Waals surface area (Å²) in [7, 11) is 0. The Bertz CT molecular complexity index is 505. The molecule has 2 rings (SSSR count). The molecular formula is C10H4Br4. The molecule has 0 aromatic heterocycles. The van der Waals surface area contributed by atoms with Crippen molar-refractivity contribution in [2.75, 3.05) is 0 Å². The van der Waals surface area contributed by atoms with Crippen molar-refractivity contribution in [2.24, 2.45) is 0 Å². The van der Waals surface area contributed by atoms with E-state index >= 15 is 0 Å². The average molecular weight is 444 g/mol. The molecule has 72 valence electrons. The number of hydrogen-bond donors (Lipinski definition) is 0. The van der Waals surface area contributed by atoms with Crippen LogP contribution in [0.25, 0.3) is 10.8 Å². The Morgan fingerprint density at radius 1 is 0.786 bits per heavy atom. The fourth-order valence-corrected chi connectivity index (χ4v) is 3.83. The second-order valence-corrected chi connectivity index (χ2v) is 6.12. The highest BCUT2D eigenvalue weighted by molar-refractivity contribution is 9.14. The van der Waals surface area contributed by atoms with Crippen molar-refractivity contribution in [3.8, 4) is 0 Å². The molecule has 0 bridgehead atoms. The van der Waals surface area contributed by atoms with Crippen LogP contribution in [0.5, 0.6) is 0 Å². The van der Waals surface area contributed by atoms with Crippen LogP contribution in [0.2, 0.25) is 0 Å². The Morgan fingerprint density at radius 3 is 2.21 bits per heavy atom. The number of fused-ring (bicyclic) bond motifs is 1. The van der Waals surface area contributed by atoms with Gasteiger partial charge in [-0.1, -0.05) is 28.1 Å². The monoisotopic (exact) mass is 440 g/mol. The number of benzene rings is 2. The summed E-state index contributed by atoms with van der Waals surface area (Å²) in [6.45, 7) is 0. The van der Waals surface area contributed by atoms with Gasteiger partial charge in [-0.05, 0) is 65.3 Å². The Hall–Kier alpha value is 0.620. The molecule has 2 aromatic carbocycles. The highest BCUT2D eigenvalue weighted by atomic mass is 79.9. The van der Waals surface area contributed by atoms with E-state index in [1.807, 2.05) is 12.1 Å². The van der Waals surface area contributed by atoms with Crippen molar-refractivity contribution in [3.63, 3.8) is 0 Å². The quantitative estimate of drug-likeness (QED) is 0.445. The van der Waals surface area contributed by atoms with Gasteiger partial charge in [0.25, 0.3) is 0 Å². The topological polar surface area (TPSA) is 0 Å². The summed E-state index contributed by atoms with van der Waals surface area (Å²) in [5.74, 6) is 0. The Morgan fingerprint density at radius 2 is 1.50 bits per heavy atom. The lowest BCUT2D eigenvalue weighted by Gasteiger charge is -2.07. The molecule has 0 unspecified atom stereocenters. The number of halogens is 4. The molecule has 0 nitrogen and oxygen atoms in total. The van der Waals surface area contributed by atoms with Gasteiger partial charge in [-0.3, -0.25) is 0 Å². The first kappa shape index (κ1) is 11.1. The van der Waals surface area contributed by atoms with E-state index in [4.69, 9.17) is 0 Å². The fraction of sp³-hybridized carbons (Fsp3) is 0. The molecular weight excluding hydrogens is 440 g/mol. The van der Waals surface area contributed by atoms with Crippen LogP contribution in [0.4, 0.5) is 0 Å². The molecule has 0 radical (unpaired) electrons. The number of hydrogen-bond acceptors (Lipinski definition) is 0. The largest absolute Gasteiger partial charge is 0.0605 e. The second kappa shape index (κ2) is 4.24. The molecule has 0 saturated heterocycles. The molecule has 0 spiro atoms. The van der Waals surface area contributed by atoms with Gasteiger partial charge in [0.1, 0.15) is 0 Å². The van der Waals surface area contributed by atoms with Gasteiger partial charge in [-0.2, -0.15) is 0 Å². The maximum absolute atomic E-state index is 3.58. The van der Waals surface area contributed by atoms with Gasteiger partial charge in [0.05, 0.1) is 0 Å². The van der Waals surface area contributed by atoms with E-state index in [-0.39, 0.29) is 0 Å². The minimum atomic E-state index is 1.04. The molecule has 0 aliphatic rings. The third kappa shape index (κ3) is 1.82. The van der Waals surface area contributed by atoms with Crippen LogP contribution in [-0.4, -0.2) is 0 Å². The standard InChI is InChI=1S/C10H4Br4/c11-6-3-1-2-5-4-7(12)9(13)10(14)8(5)6/h1-4H. The van der Waals surface area contributed by atoms with E-state index in [1.165, 1.54) is 10.8 Å². The summed E-state index contributed by atoms with van der Waals surface area (Å²) in [6, 6.07) is 8.24. The van der Waals surface area contributed by atoms with Crippen LogP contribution in [0.3, 0.4) is 0 Å². The van der Waals surface area contributed by atoms with E-state index in [0.29, 0.717) is 0 Å². The van der Waals surface area contributed by atoms with E-state index < -0.39 is 0 Å². The van der Waals surface area contributed by atoms with Crippen molar-refractivity contribution < 1.29 is 0 Å². The summed E-state index contributed by atoms with van der Waals surface area (Å²) in [5.41, 5.74) is 0. The number of rotatable bonds is 0. The zero-order chi connectivity index (χ0) is 10.3. The van der Waals surface area contributed by atoms with Gasteiger partial charge in [-0.15, -0.1) is 0 Å². The van der Waals surface area contributed by atoms with Crippen molar-refractivity contribution in [1.82, 2.24) is 0 Å². The molecule has 0 aliphatic heterocycles. The molecule has 0 aliphatic carbocycles. The van der Waals surface area contributed by atoms with Crippen LogP contribution in [0, 0.1) is 0 Å². The average Bonchev–Trinajstić information content (AvgIpc) is 2.14. The summed E-state index contributed by atoms with van der Waals surface area (Å²) in [6.07, 6.45) is 0. The van der Waals surface area contributed by atoms with Crippen LogP contribution >= 0.6 is 63.7 Å². The molecule has 0 N–H and O–H groups in total. The van der Waals surface area contributed by atoms with Crippen molar-refractivity contribution in [2.45, 2.75) is 0 Å². The Balaban J connectivity index is 2.99. The van der Waals surface area contributed by atoms with Crippen LogP contribution in [0.15, 0.2) is 42.2 Å². The molecule has 4 heteroatoms. The maximum atomic E-state index is 3.58. The molecule has 0 heterocycles. The lowest BCUT2D eigenvalue weighted by atomic mass is 10.1. The van der Waals surface area contributed by atoms with E-state index in [9.17, 15) is 0 Å². The van der Waals surface area contributed by atoms with E-state index in [0.717, 1.165) is 17.9 Å². The lowest BCUT2D eigenvalue weighted by molar-refractivity contribution is 1.58. The first-order valence-corrected chi connectivity index (χ1v) is 7.00. The highest BCUT2D eigenvalue weighted by Crippen LogP contribution is 2.40. The zero-order valence-electron chi connectivity index (χ0n) is 6.82. The Labute approximate surface area is 116 Å². The molecule has 0 saturated carbocycles. The first-order chi connectivity index (χ1) is 6.61. The third-order valence-corrected chi connectivity index (χ3v) is 5.92. The lowest BCUT2D eigenvalue weighted by Crippen LogP contribution is -1.80. The van der Waals surface area contributed by atoms with Gasteiger partial charge in [0.15, 0.2) is 0 Å². The summed E-state index contributed by atoms with van der Waals surface area (Å²) in [5, 5.41) is 2.38. The second-order valence-electron chi connectivity index (χ2n) is 2.82. The summed E-state index contributed by atoms with van der Waals surface area (Å²) < 4.78 is 4.25. The van der Waals surface area contributed by atoms with Gasteiger partial charge in [-0.25, -0.2) is 0 Å². The predicted molar refractivity (Wildman–Crippen MR) is 74.7 cm³/mol. The first-order valence-electron chi connectivity index (χ1n) is 3.83. The van der Waals surface area contributed by atoms with Crippen molar-refractivity contribution >= 4 is 74.5 Å². The summed E-state index contributed by atoms with van der Waals surface area (Å²) in [4.78, 5) is 0. The van der Waals surface area contributed by atoms with Gasteiger partial charge < -0.3 is 0 Å². The van der Waals surface area contributed by atoms with Crippen LogP contribution in [-0.2, 0) is 0 Å². The third-order valence-electron chi connectivity index (χ3n) is 1.95. The van der Waals surface area contributed by atoms with Crippen molar-refractivity contribution in [3.05, 3.63) is 42.2 Å². The van der Waals surface area contributed by atoms with Gasteiger partial charge in [0, 0.05) is 23.3 Å². The smallest absolute Gasteiger partial charge is 0.0466 e. The summed E-state index contributed by atoms with van der Waals surface area (Å²) >= 11 is 14.1. The molecule has 0 fully saturated rings. The van der Waals surface area contributed by atoms with E-state index in [2.05, 4.69) is 75.9 Å².